The number of carbonyl (C=O) groups is 3. The van der Waals surface area contributed by atoms with Crippen molar-refractivity contribution in [1.82, 2.24) is 15.5 Å². The summed E-state index contributed by atoms with van der Waals surface area (Å²) in [4.78, 5) is 36.0. The van der Waals surface area contributed by atoms with Gasteiger partial charge in [0.2, 0.25) is 11.8 Å². The largest absolute Gasteiger partial charge is 0.471 e. The number of nitrogens with zero attached hydrogens (tertiary/aromatic N) is 1. The zero-order valence-electron chi connectivity index (χ0n) is 13.4. The highest BCUT2D eigenvalue weighted by Crippen LogP contribution is 2.25. The third-order valence-corrected chi connectivity index (χ3v) is 3.50. The molecule has 1 fully saturated rings. The van der Waals surface area contributed by atoms with Crippen LogP contribution in [0.25, 0.3) is 0 Å². The molecule has 1 aliphatic rings. The third kappa shape index (κ3) is 5.72. The molecule has 0 bridgehead atoms. The zero-order chi connectivity index (χ0) is 17.8. The first-order chi connectivity index (χ1) is 10.4. The number of nitrogens with one attached hydrogen (secondary N) is 2. The van der Waals surface area contributed by atoms with Crippen LogP contribution in [0, 0.1) is 5.92 Å². The van der Waals surface area contributed by atoms with E-state index in [1.807, 2.05) is 20.8 Å². The predicted molar refractivity (Wildman–Crippen MR) is 76.3 cm³/mol. The van der Waals surface area contributed by atoms with E-state index in [0.717, 1.165) is 0 Å². The lowest BCUT2D eigenvalue weighted by Gasteiger charge is -2.31. The Balaban J connectivity index is 2.28. The fourth-order valence-corrected chi connectivity index (χ4v) is 2.28. The van der Waals surface area contributed by atoms with Crippen molar-refractivity contribution in [2.75, 3.05) is 19.6 Å². The van der Waals surface area contributed by atoms with Gasteiger partial charge in [0.25, 0.3) is 0 Å². The average Bonchev–Trinajstić information content (AvgIpc) is 2.79. The van der Waals surface area contributed by atoms with E-state index in [0.29, 0.717) is 6.54 Å². The lowest BCUT2D eigenvalue weighted by Crippen LogP contribution is -2.43. The molecule has 0 saturated carbocycles. The van der Waals surface area contributed by atoms with Crippen LogP contribution in [0.15, 0.2) is 0 Å². The second kappa shape index (κ2) is 7.18. The number of likely N-dealkylation sites (tertiary alicyclic amines) is 1. The molecule has 1 aliphatic heterocycles. The minimum atomic E-state index is -4.90. The second-order valence-electron chi connectivity index (χ2n) is 6.47. The molecule has 1 atom stereocenters. The second-order valence-corrected chi connectivity index (χ2v) is 6.47. The number of amides is 3. The summed E-state index contributed by atoms with van der Waals surface area (Å²) in [5.41, 5.74) is -0.353. The van der Waals surface area contributed by atoms with Crippen LogP contribution in [0.2, 0.25) is 0 Å². The first-order valence-corrected chi connectivity index (χ1v) is 7.36. The lowest BCUT2D eigenvalue weighted by atomic mass is 10.1. The van der Waals surface area contributed by atoms with Gasteiger partial charge in [-0.05, 0) is 27.2 Å². The summed E-state index contributed by atoms with van der Waals surface area (Å²) < 4.78 is 35.8. The van der Waals surface area contributed by atoms with Gasteiger partial charge in [-0.15, -0.1) is 0 Å². The monoisotopic (exact) mass is 337 g/mol. The molecule has 1 saturated heterocycles. The van der Waals surface area contributed by atoms with Crippen LogP contribution in [0.3, 0.4) is 0 Å². The molecule has 1 heterocycles. The van der Waals surface area contributed by atoms with E-state index in [9.17, 15) is 27.6 Å². The Kier molecular flexibility index (Phi) is 6.01. The molecule has 1 rings (SSSR count). The van der Waals surface area contributed by atoms with Gasteiger partial charge in [-0.3, -0.25) is 14.4 Å². The van der Waals surface area contributed by atoms with Gasteiger partial charge in [0.15, 0.2) is 0 Å². The molecular formula is C14H22F3N3O3. The summed E-state index contributed by atoms with van der Waals surface area (Å²) in [6.07, 6.45) is -4.59. The molecular weight excluding hydrogens is 315 g/mol. The first kappa shape index (κ1) is 19.2. The summed E-state index contributed by atoms with van der Waals surface area (Å²) in [6.45, 7) is 5.93. The fourth-order valence-electron chi connectivity index (χ4n) is 2.28. The number of hydrogen-bond acceptors (Lipinski definition) is 3. The van der Waals surface area contributed by atoms with Gasteiger partial charge in [0, 0.05) is 31.6 Å². The minimum absolute atomic E-state index is 0.0879. The van der Waals surface area contributed by atoms with Crippen molar-refractivity contribution >= 4 is 17.7 Å². The van der Waals surface area contributed by atoms with E-state index >= 15 is 0 Å². The third-order valence-electron chi connectivity index (χ3n) is 3.50. The minimum Gasteiger partial charge on any atom is -0.356 e. The van der Waals surface area contributed by atoms with Gasteiger partial charge in [-0.2, -0.15) is 13.2 Å². The van der Waals surface area contributed by atoms with Crippen LogP contribution in [-0.4, -0.2) is 54.0 Å². The SMILES string of the molecule is CC(C)(C)N1CC(C(=O)NCCCNC(=O)C(F)(F)F)CC1=O. The molecule has 2 N–H and O–H groups in total. The highest BCUT2D eigenvalue weighted by atomic mass is 19.4. The summed E-state index contributed by atoms with van der Waals surface area (Å²) in [5.74, 6) is -2.83. The van der Waals surface area contributed by atoms with Gasteiger partial charge in [0.1, 0.15) is 0 Å². The predicted octanol–water partition coefficient (Wildman–Crippen LogP) is 0.818. The molecule has 0 aromatic heterocycles. The van der Waals surface area contributed by atoms with E-state index in [-0.39, 0.29) is 43.3 Å². The first-order valence-electron chi connectivity index (χ1n) is 7.36. The van der Waals surface area contributed by atoms with E-state index in [2.05, 4.69) is 5.32 Å². The van der Waals surface area contributed by atoms with Crippen LogP contribution in [-0.2, 0) is 14.4 Å². The van der Waals surface area contributed by atoms with Crippen LogP contribution < -0.4 is 10.6 Å². The van der Waals surface area contributed by atoms with E-state index < -0.39 is 18.0 Å². The van der Waals surface area contributed by atoms with Crippen molar-refractivity contribution in [1.29, 1.82) is 0 Å². The van der Waals surface area contributed by atoms with Crippen molar-refractivity contribution in [3.8, 4) is 0 Å². The summed E-state index contributed by atoms with van der Waals surface area (Å²) in [7, 11) is 0. The van der Waals surface area contributed by atoms with E-state index in [1.165, 1.54) is 0 Å². The Morgan fingerprint density at radius 2 is 1.74 bits per heavy atom. The Bertz CT molecular complexity index is 472. The van der Waals surface area contributed by atoms with Crippen molar-refractivity contribution in [3.63, 3.8) is 0 Å². The van der Waals surface area contributed by atoms with Gasteiger partial charge in [-0.25, -0.2) is 0 Å². The molecule has 3 amide bonds. The van der Waals surface area contributed by atoms with E-state index in [4.69, 9.17) is 0 Å². The molecule has 0 aromatic carbocycles. The molecule has 23 heavy (non-hydrogen) atoms. The highest BCUT2D eigenvalue weighted by molar-refractivity contribution is 5.89. The average molecular weight is 337 g/mol. The number of alkyl halides is 3. The molecule has 132 valence electrons. The van der Waals surface area contributed by atoms with Crippen molar-refractivity contribution in [2.45, 2.75) is 45.3 Å². The molecule has 6 nitrogen and oxygen atoms in total. The number of rotatable bonds is 5. The van der Waals surface area contributed by atoms with Gasteiger partial charge < -0.3 is 15.5 Å². The maximum absolute atomic E-state index is 12.0. The summed E-state index contributed by atoms with van der Waals surface area (Å²) in [6, 6.07) is 0. The Labute approximate surface area is 132 Å². The number of carbonyl (C=O) groups excluding carboxylic acids is 3. The molecule has 0 aliphatic carbocycles. The van der Waals surface area contributed by atoms with Crippen LogP contribution in [0.4, 0.5) is 13.2 Å². The van der Waals surface area contributed by atoms with Crippen molar-refractivity contribution < 1.29 is 27.6 Å². The summed E-state index contributed by atoms with van der Waals surface area (Å²) in [5, 5.41) is 4.30. The number of hydrogen-bond donors (Lipinski definition) is 2. The normalized spacial score (nSPS) is 19.0. The smallest absolute Gasteiger partial charge is 0.356 e. The fraction of sp³-hybridized carbons (Fsp3) is 0.786. The lowest BCUT2D eigenvalue weighted by molar-refractivity contribution is -0.173. The topological polar surface area (TPSA) is 78.5 Å². The zero-order valence-corrected chi connectivity index (χ0v) is 13.4. The van der Waals surface area contributed by atoms with Crippen LogP contribution >= 0.6 is 0 Å². The maximum atomic E-state index is 12.0. The van der Waals surface area contributed by atoms with Crippen molar-refractivity contribution in [3.05, 3.63) is 0 Å². The van der Waals surface area contributed by atoms with Crippen LogP contribution in [0.5, 0.6) is 0 Å². The van der Waals surface area contributed by atoms with Gasteiger partial charge in [-0.1, -0.05) is 0 Å². The quantitative estimate of drug-likeness (QED) is 0.729. The molecule has 1 unspecified atom stereocenters. The molecule has 9 heteroatoms. The molecule has 0 spiro atoms. The molecule has 0 aromatic rings. The maximum Gasteiger partial charge on any atom is 0.471 e. The Hall–Kier alpha value is -1.80. The molecule has 0 radical (unpaired) electrons. The van der Waals surface area contributed by atoms with Crippen LogP contribution in [0.1, 0.15) is 33.6 Å². The van der Waals surface area contributed by atoms with Crippen molar-refractivity contribution in [2.24, 2.45) is 5.92 Å². The standard InChI is InChI=1S/C14H22F3N3O3/c1-13(2,3)20-8-9(7-10(20)21)11(22)18-5-4-6-19-12(23)14(15,16)17/h9H,4-8H2,1-3H3,(H,18,22)(H,19,23). The Morgan fingerprint density at radius 3 is 2.22 bits per heavy atom. The van der Waals surface area contributed by atoms with Gasteiger partial charge in [0.05, 0.1) is 5.92 Å². The number of halogens is 3. The van der Waals surface area contributed by atoms with E-state index in [1.54, 1.807) is 10.2 Å². The van der Waals surface area contributed by atoms with Gasteiger partial charge >= 0.3 is 12.1 Å². The Morgan fingerprint density at radius 1 is 1.17 bits per heavy atom. The summed E-state index contributed by atoms with van der Waals surface area (Å²) >= 11 is 0. The highest BCUT2D eigenvalue weighted by Gasteiger charge is 2.39.